The van der Waals surface area contributed by atoms with E-state index >= 15 is 0 Å². The zero-order valence-corrected chi connectivity index (χ0v) is 10.4. The van der Waals surface area contributed by atoms with Crippen LogP contribution in [0.5, 0.6) is 0 Å². The molecule has 3 heteroatoms. The van der Waals surface area contributed by atoms with E-state index in [-0.39, 0.29) is 5.82 Å². The normalized spacial score (nSPS) is 14.6. The molecule has 1 rings (SSSR count). The highest BCUT2D eigenvalue weighted by Crippen LogP contribution is 2.28. The van der Waals surface area contributed by atoms with Gasteiger partial charge in [0.1, 0.15) is 5.82 Å². The van der Waals surface area contributed by atoms with Gasteiger partial charge in [0, 0.05) is 24.3 Å². The summed E-state index contributed by atoms with van der Waals surface area (Å²) in [5.41, 5.74) is 1.54. The third-order valence-electron chi connectivity index (χ3n) is 3.07. The fourth-order valence-electron chi connectivity index (χ4n) is 1.69. The van der Waals surface area contributed by atoms with Gasteiger partial charge in [0.2, 0.25) is 0 Å². The maximum Gasteiger partial charge on any atom is 0.123 e. The van der Waals surface area contributed by atoms with Crippen molar-refractivity contribution in [3.8, 4) is 0 Å². The highest BCUT2D eigenvalue weighted by Gasteiger charge is 2.15. The van der Waals surface area contributed by atoms with Crippen LogP contribution < -0.4 is 4.90 Å². The van der Waals surface area contributed by atoms with Crippen molar-refractivity contribution in [3.63, 3.8) is 0 Å². The van der Waals surface area contributed by atoms with Crippen LogP contribution in [0.2, 0.25) is 0 Å². The highest BCUT2D eigenvalue weighted by atomic mass is 19.1. The molecule has 0 bridgehead atoms. The Morgan fingerprint density at radius 1 is 1.38 bits per heavy atom. The molecule has 0 spiro atoms. The molecule has 1 unspecified atom stereocenters. The zero-order valence-electron chi connectivity index (χ0n) is 10.4. The van der Waals surface area contributed by atoms with Gasteiger partial charge >= 0.3 is 0 Å². The van der Waals surface area contributed by atoms with E-state index in [2.05, 4.69) is 18.7 Å². The number of hydrogen-bond donors (Lipinski definition) is 1. The minimum atomic E-state index is -0.655. The molecule has 0 saturated heterocycles. The van der Waals surface area contributed by atoms with Gasteiger partial charge in [-0.25, -0.2) is 4.39 Å². The summed E-state index contributed by atoms with van der Waals surface area (Å²) in [7, 11) is 1.97. The molecule has 1 aromatic rings. The first-order chi connectivity index (χ1) is 7.47. The van der Waals surface area contributed by atoms with Gasteiger partial charge in [0.25, 0.3) is 0 Å². The number of benzene rings is 1. The smallest absolute Gasteiger partial charge is 0.123 e. The van der Waals surface area contributed by atoms with Crippen molar-refractivity contribution in [2.45, 2.75) is 39.3 Å². The minimum absolute atomic E-state index is 0.308. The van der Waals surface area contributed by atoms with Crippen LogP contribution in [0.15, 0.2) is 18.2 Å². The van der Waals surface area contributed by atoms with Crippen molar-refractivity contribution < 1.29 is 9.50 Å². The molecule has 16 heavy (non-hydrogen) atoms. The van der Waals surface area contributed by atoms with E-state index in [1.54, 1.807) is 13.0 Å². The fraction of sp³-hybridized carbons (Fsp3) is 0.538. The summed E-state index contributed by atoms with van der Waals surface area (Å²) in [5.74, 6) is -0.308. The Labute approximate surface area is 96.7 Å². The first-order valence-corrected chi connectivity index (χ1v) is 5.67. The van der Waals surface area contributed by atoms with Crippen molar-refractivity contribution in [2.75, 3.05) is 11.9 Å². The standard InChI is InChI=1S/C13H20FNO/c1-5-9(2)15(4)13-7-6-11(14)8-12(13)10(3)16/h6-10,16H,5H2,1-4H3/t9?,10-/m0/s1. The van der Waals surface area contributed by atoms with Gasteiger partial charge in [-0.3, -0.25) is 0 Å². The zero-order chi connectivity index (χ0) is 12.3. The summed E-state index contributed by atoms with van der Waals surface area (Å²) in [6.45, 7) is 5.87. The third-order valence-corrected chi connectivity index (χ3v) is 3.07. The summed E-state index contributed by atoms with van der Waals surface area (Å²) in [6, 6.07) is 4.92. The van der Waals surface area contributed by atoms with Crippen LogP contribution in [0.25, 0.3) is 0 Å². The SMILES string of the molecule is CCC(C)N(C)c1ccc(F)cc1[C@H](C)O. The summed E-state index contributed by atoms with van der Waals surface area (Å²) in [6.07, 6.45) is 0.352. The molecule has 90 valence electrons. The second-order valence-corrected chi connectivity index (χ2v) is 4.25. The van der Waals surface area contributed by atoms with Crippen molar-refractivity contribution in [1.82, 2.24) is 0 Å². The van der Waals surface area contributed by atoms with E-state index < -0.39 is 6.10 Å². The quantitative estimate of drug-likeness (QED) is 0.851. The molecule has 0 amide bonds. The Balaban J connectivity index is 3.12. The number of halogens is 1. The van der Waals surface area contributed by atoms with Crippen LogP contribution in [0.1, 0.15) is 38.9 Å². The topological polar surface area (TPSA) is 23.5 Å². The molecule has 0 saturated carbocycles. The summed E-state index contributed by atoms with van der Waals surface area (Å²) >= 11 is 0. The van der Waals surface area contributed by atoms with Gasteiger partial charge in [-0.15, -0.1) is 0 Å². The molecule has 2 nitrogen and oxygen atoms in total. The van der Waals surface area contributed by atoms with Gasteiger partial charge in [-0.2, -0.15) is 0 Å². The highest BCUT2D eigenvalue weighted by molar-refractivity contribution is 5.54. The lowest BCUT2D eigenvalue weighted by atomic mass is 10.1. The van der Waals surface area contributed by atoms with Gasteiger partial charge < -0.3 is 10.0 Å². The van der Waals surface area contributed by atoms with Gasteiger partial charge in [-0.05, 0) is 38.5 Å². The van der Waals surface area contributed by atoms with Gasteiger partial charge in [-0.1, -0.05) is 6.92 Å². The Kier molecular flexibility index (Phi) is 4.30. The van der Waals surface area contributed by atoms with Gasteiger partial charge in [0.15, 0.2) is 0 Å². The van der Waals surface area contributed by atoms with Crippen molar-refractivity contribution in [1.29, 1.82) is 0 Å². The molecular formula is C13H20FNO. The number of anilines is 1. The molecule has 1 aromatic carbocycles. The molecule has 0 aliphatic rings. The molecule has 0 radical (unpaired) electrons. The van der Waals surface area contributed by atoms with E-state index in [1.165, 1.54) is 12.1 Å². The average Bonchev–Trinajstić information content (AvgIpc) is 2.26. The molecule has 0 fully saturated rings. The largest absolute Gasteiger partial charge is 0.389 e. The first kappa shape index (κ1) is 13.0. The Morgan fingerprint density at radius 3 is 2.50 bits per heavy atom. The average molecular weight is 225 g/mol. The lowest BCUT2D eigenvalue weighted by Crippen LogP contribution is -2.29. The molecule has 2 atom stereocenters. The number of nitrogens with zero attached hydrogens (tertiary/aromatic N) is 1. The maximum absolute atomic E-state index is 13.1. The van der Waals surface area contributed by atoms with Crippen molar-refractivity contribution >= 4 is 5.69 Å². The predicted octanol–water partition coefficient (Wildman–Crippen LogP) is 3.11. The maximum atomic E-state index is 13.1. The van der Waals surface area contributed by atoms with E-state index in [0.29, 0.717) is 11.6 Å². The molecule has 0 aliphatic heterocycles. The van der Waals surface area contributed by atoms with E-state index in [4.69, 9.17) is 0 Å². The predicted molar refractivity (Wildman–Crippen MR) is 65.2 cm³/mol. The second-order valence-electron chi connectivity index (χ2n) is 4.25. The summed E-state index contributed by atoms with van der Waals surface area (Å²) < 4.78 is 13.1. The molecule has 0 heterocycles. The van der Waals surface area contributed by atoms with Crippen molar-refractivity contribution in [2.24, 2.45) is 0 Å². The fourth-order valence-corrected chi connectivity index (χ4v) is 1.69. The Morgan fingerprint density at radius 2 is 2.00 bits per heavy atom. The number of hydrogen-bond acceptors (Lipinski definition) is 2. The Hall–Kier alpha value is -1.09. The van der Waals surface area contributed by atoms with Crippen molar-refractivity contribution in [3.05, 3.63) is 29.6 Å². The van der Waals surface area contributed by atoms with Crippen LogP contribution in [-0.2, 0) is 0 Å². The second kappa shape index (κ2) is 5.30. The lowest BCUT2D eigenvalue weighted by molar-refractivity contribution is 0.199. The molecule has 1 N–H and O–H groups in total. The van der Waals surface area contributed by atoms with Crippen LogP contribution >= 0.6 is 0 Å². The van der Waals surface area contributed by atoms with Crippen LogP contribution in [0.4, 0.5) is 10.1 Å². The Bertz CT molecular complexity index is 352. The molecule has 0 aliphatic carbocycles. The summed E-state index contributed by atoms with van der Waals surface area (Å²) in [4.78, 5) is 2.07. The van der Waals surface area contributed by atoms with E-state index in [9.17, 15) is 9.50 Å². The minimum Gasteiger partial charge on any atom is -0.389 e. The molecular weight excluding hydrogens is 205 g/mol. The number of aliphatic hydroxyl groups excluding tert-OH is 1. The van der Waals surface area contributed by atoms with E-state index in [1.807, 2.05) is 7.05 Å². The monoisotopic (exact) mass is 225 g/mol. The summed E-state index contributed by atoms with van der Waals surface area (Å²) in [5, 5.41) is 9.64. The third kappa shape index (κ3) is 2.73. The lowest BCUT2D eigenvalue weighted by Gasteiger charge is -2.29. The van der Waals surface area contributed by atoms with Crippen LogP contribution in [0.3, 0.4) is 0 Å². The van der Waals surface area contributed by atoms with Crippen LogP contribution in [-0.4, -0.2) is 18.2 Å². The van der Waals surface area contributed by atoms with Gasteiger partial charge in [0.05, 0.1) is 6.10 Å². The number of aliphatic hydroxyl groups is 1. The number of rotatable bonds is 4. The molecule has 0 aromatic heterocycles. The van der Waals surface area contributed by atoms with Crippen LogP contribution in [0, 0.1) is 5.82 Å². The van der Waals surface area contributed by atoms with E-state index in [0.717, 1.165) is 12.1 Å². The first-order valence-electron chi connectivity index (χ1n) is 5.67.